The number of pyridine rings is 1. The van der Waals surface area contributed by atoms with E-state index in [0.717, 1.165) is 6.42 Å². The molecule has 0 N–H and O–H groups in total. The Bertz CT molecular complexity index is 248. The fraction of sp³-hybridized carbons (Fsp3) is 0.615. The van der Waals surface area contributed by atoms with E-state index in [1.807, 2.05) is 12.3 Å². The van der Waals surface area contributed by atoms with Crippen molar-refractivity contribution in [1.82, 2.24) is 4.98 Å². The molecule has 1 aromatic rings. The summed E-state index contributed by atoms with van der Waals surface area (Å²) in [7, 11) is 0. The van der Waals surface area contributed by atoms with Crippen molar-refractivity contribution in [3.8, 4) is 0 Å². The van der Waals surface area contributed by atoms with E-state index in [9.17, 15) is 0 Å². The zero-order chi connectivity index (χ0) is 10.9. The van der Waals surface area contributed by atoms with E-state index in [2.05, 4.69) is 40.0 Å². The number of nitrogens with zero attached hydrogens (tertiary/aromatic N) is 1. The summed E-state index contributed by atoms with van der Waals surface area (Å²) in [6, 6.07) is 6.12. The van der Waals surface area contributed by atoms with Crippen LogP contribution in [0.3, 0.4) is 0 Å². The maximum absolute atomic E-state index is 4.33. The lowest BCUT2D eigenvalue weighted by molar-refractivity contribution is 0.617. The normalized spacial score (nSPS) is 12.7. The molecule has 0 bridgehead atoms. The van der Waals surface area contributed by atoms with Crippen molar-refractivity contribution in [2.24, 2.45) is 0 Å². The molecule has 84 valence electrons. The topological polar surface area (TPSA) is 12.9 Å². The number of alkyl halides is 1. The lowest BCUT2D eigenvalue weighted by atomic mass is 10.1. The first-order chi connectivity index (χ1) is 7.33. The molecular formula is C13H20BrN. The highest BCUT2D eigenvalue weighted by atomic mass is 79.9. The van der Waals surface area contributed by atoms with Crippen LogP contribution in [-0.2, 0) is 6.42 Å². The van der Waals surface area contributed by atoms with Gasteiger partial charge in [-0.1, -0.05) is 54.6 Å². The van der Waals surface area contributed by atoms with Crippen molar-refractivity contribution < 1.29 is 0 Å². The van der Waals surface area contributed by atoms with Crippen LogP contribution in [0.5, 0.6) is 0 Å². The summed E-state index contributed by atoms with van der Waals surface area (Å²) in [6.07, 6.45) is 9.55. The first kappa shape index (κ1) is 12.7. The van der Waals surface area contributed by atoms with Crippen LogP contribution in [0.15, 0.2) is 24.4 Å². The van der Waals surface area contributed by atoms with Gasteiger partial charge in [-0.25, -0.2) is 0 Å². The number of hydrogen-bond donors (Lipinski definition) is 0. The van der Waals surface area contributed by atoms with E-state index in [-0.39, 0.29) is 0 Å². The van der Waals surface area contributed by atoms with Crippen molar-refractivity contribution in [1.29, 1.82) is 0 Å². The van der Waals surface area contributed by atoms with Gasteiger partial charge in [0, 0.05) is 23.1 Å². The van der Waals surface area contributed by atoms with Gasteiger partial charge < -0.3 is 0 Å². The Morgan fingerprint density at radius 3 is 2.80 bits per heavy atom. The molecule has 0 aliphatic rings. The second-order valence-electron chi connectivity index (χ2n) is 3.97. The Labute approximate surface area is 101 Å². The van der Waals surface area contributed by atoms with Crippen LogP contribution in [0.25, 0.3) is 0 Å². The zero-order valence-electron chi connectivity index (χ0n) is 9.45. The van der Waals surface area contributed by atoms with Gasteiger partial charge in [0.1, 0.15) is 0 Å². The fourth-order valence-corrected chi connectivity index (χ4v) is 2.30. The van der Waals surface area contributed by atoms with Crippen molar-refractivity contribution in [3.05, 3.63) is 30.1 Å². The molecule has 2 heteroatoms. The molecule has 1 aromatic heterocycles. The van der Waals surface area contributed by atoms with Gasteiger partial charge in [-0.2, -0.15) is 0 Å². The van der Waals surface area contributed by atoms with Gasteiger partial charge in [-0.3, -0.25) is 4.98 Å². The van der Waals surface area contributed by atoms with E-state index in [1.54, 1.807) is 0 Å². The lowest BCUT2D eigenvalue weighted by Gasteiger charge is -2.08. The molecule has 0 amide bonds. The smallest absolute Gasteiger partial charge is 0.0414 e. The van der Waals surface area contributed by atoms with Crippen molar-refractivity contribution in [3.63, 3.8) is 0 Å². The average molecular weight is 270 g/mol. The van der Waals surface area contributed by atoms with Crippen LogP contribution in [0.2, 0.25) is 0 Å². The lowest BCUT2D eigenvalue weighted by Crippen LogP contribution is -2.03. The molecular weight excluding hydrogens is 250 g/mol. The van der Waals surface area contributed by atoms with Gasteiger partial charge in [0.05, 0.1) is 0 Å². The number of aromatic nitrogens is 1. The molecule has 1 atom stereocenters. The van der Waals surface area contributed by atoms with Gasteiger partial charge in [0.25, 0.3) is 0 Å². The molecule has 0 aromatic carbocycles. The Morgan fingerprint density at radius 1 is 1.27 bits per heavy atom. The maximum Gasteiger partial charge on any atom is 0.0414 e. The molecule has 0 spiro atoms. The largest absolute Gasteiger partial charge is 0.261 e. The Morgan fingerprint density at radius 2 is 2.13 bits per heavy atom. The third-order valence-electron chi connectivity index (χ3n) is 2.53. The summed E-state index contributed by atoms with van der Waals surface area (Å²) in [5, 5.41) is 0. The van der Waals surface area contributed by atoms with E-state index in [1.165, 1.54) is 37.8 Å². The molecule has 0 aliphatic carbocycles. The van der Waals surface area contributed by atoms with Gasteiger partial charge >= 0.3 is 0 Å². The summed E-state index contributed by atoms with van der Waals surface area (Å²) in [6.45, 7) is 2.25. The Balaban J connectivity index is 2.16. The second kappa shape index (κ2) is 7.86. The van der Waals surface area contributed by atoms with Gasteiger partial charge in [0.2, 0.25) is 0 Å². The van der Waals surface area contributed by atoms with Crippen molar-refractivity contribution >= 4 is 15.9 Å². The minimum atomic E-state index is 0.587. The molecule has 1 heterocycles. The van der Waals surface area contributed by atoms with Gasteiger partial charge in [0.15, 0.2) is 0 Å². The first-order valence-electron chi connectivity index (χ1n) is 5.87. The summed E-state index contributed by atoms with van der Waals surface area (Å²) < 4.78 is 0. The number of rotatable bonds is 7. The molecule has 1 rings (SSSR count). The average Bonchev–Trinajstić information content (AvgIpc) is 2.26. The summed E-state index contributed by atoms with van der Waals surface area (Å²) in [5.41, 5.74) is 1.19. The van der Waals surface area contributed by atoms with Crippen molar-refractivity contribution in [2.45, 2.75) is 50.3 Å². The van der Waals surface area contributed by atoms with Crippen molar-refractivity contribution in [2.75, 3.05) is 0 Å². The van der Waals surface area contributed by atoms with E-state index >= 15 is 0 Å². The van der Waals surface area contributed by atoms with Crippen LogP contribution in [0.1, 0.15) is 44.7 Å². The van der Waals surface area contributed by atoms with E-state index in [0.29, 0.717) is 4.83 Å². The third-order valence-corrected chi connectivity index (χ3v) is 3.31. The Hall–Kier alpha value is -0.370. The quantitative estimate of drug-likeness (QED) is 0.530. The molecule has 0 saturated heterocycles. The predicted octanol–water partition coefficient (Wildman–Crippen LogP) is 4.36. The minimum Gasteiger partial charge on any atom is -0.261 e. The molecule has 0 radical (unpaired) electrons. The Kier molecular flexibility index (Phi) is 6.66. The molecule has 15 heavy (non-hydrogen) atoms. The maximum atomic E-state index is 4.33. The van der Waals surface area contributed by atoms with Crippen LogP contribution in [0.4, 0.5) is 0 Å². The zero-order valence-corrected chi connectivity index (χ0v) is 11.0. The monoisotopic (exact) mass is 269 g/mol. The second-order valence-corrected chi connectivity index (χ2v) is 5.27. The minimum absolute atomic E-state index is 0.587. The first-order valence-corrected chi connectivity index (χ1v) is 6.78. The van der Waals surface area contributed by atoms with Crippen LogP contribution in [0, 0.1) is 0 Å². The number of unbranched alkanes of at least 4 members (excludes halogenated alkanes) is 3. The van der Waals surface area contributed by atoms with Crippen LogP contribution < -0.4 is 0 Å². The standard InChI is InChI=1S/C13H20BrN/c1-2-3-4-5-8-12(14)11-13-9-6-7-10-15-13/h6-7,9-10,12H,2-5,8,11H2,1H3. The fourth-order valence-electron chi connectivity index (χ4n) is 1.64. The molecule has 0 saturated carbocycles. The highest BCUT2D eigenvalue weighted by molar-refractivity contribution is 9.09. The summed E-state index contributed by atoms with van der Waals surface area (Å²) in [5.74, 6) is 0. The van der Waals surface area contributed by atoms with Gasteiger partial charge in [-0.05, 0) is 18.6 Å². The molecule has 0 fully saturated rings. The summed E-state index contributed by atoms with van der Waals surface area (Å²) >= 11 is 3.73. The highest BCUT2D eigenvalue weighted by Crippen LogP contribution is 2.15. The van der Waals surface area contributed by atoms with Crippen LogP contribution in [-0.4, -0.2) is 9.81 Å². The van der Waals surface area contributed by atoms with E-state index < -0.39 is 0 Å². The van der Waals surface area contributed by atoms with Crippen LogP contribution >= 0.6 is 15.9 Å². The number of halogens is 1. The van der Waals surface area contributed by atoms with E-state index in [4.69, 9.17) is 0 Å². The number of hydrogen-bond acceptors (Lipinski definition) is 1. The summed E-state index contributed by atoms with van der Waals surface area (Å²) in [4.78, 5) is 4.92. The molecule has 1 unspecified atom stereocenters. The molecule has 1 nitrogen and oxygen atoms in total. The third kappa shape index (κ3) is 5.93. The SMILES string of the molecule is CCCCCCC(Br)Cc1ccccn1. The predicted molar refractivity (Wildman–Crippen MR) is 69.4 cm³/mol. The molecule has 0 aliphatic heterocycles. The van der Waals surface area contributed by atoms with Gasteiger partial charge in [-0.15, -0.1) is 0 Å². The highest BCUT2D eigenvalue weighted by Gasteiger charge is 2.05.